The summed E-state index contributed by atoms with van der Waals surface area (Å²) >= 11 is 3.03. The van der Waals surface area contributed by atoms with Crippen molar-refractivity contribution >= 4 is 21.6 Å². The average Bonchev–Trinajstić information content (AvgIpc) is 2.31. The van der Waals surface area contributed by atoms with Gasteiger partial charge in [-0.1, -0.05) is 5.10 Å². The third-order valence-corrected chi connectivity index (χ3v) is 2.93. The summed E-state index contributed by atoms with van der Waals surface area (Å²) in [5.41, 5.74) is 7.39. The average molecular weight is 313 g/mol. The molecule has 0 saturated carbocycles. The fraction of sp³-hybridized carbons (Fsp3) is 0.182. The fourth-order valence-corrected chi connectivity index (χ4v) is 1.57. The standard InChI is InChI=1S/C11H10BrFN4O/c1-5-6(2)16-17-11(15-5)18-10-4-8(13)7(12)3-9(10)14/h3-4H,14H2,1-2H3. The predicted molar refractivity (Wildman–Crippen MR) is 67.9 cm³/mol. The van der Waals surface area contributed by atoms with E-state index < -0.39 is 5.82 Å². The van der Waals surface area contributed by atoms with Crippen LogP contribution < -0.4 is 10.5 Å². The van der Waals surface area contributed by atoms with Gasteiger partial charge in [0.2, 0.25) is 0 Å². The zero-order valence-electron chi connectivity index (χ0n) is 9.74. The van der Waals surface area contributed by atoms with Gasteiger partial charge in [0.1, 0.15) is 5.82 Å². The third kappa shape index (κ3) is 2.56. The Hall–Kier alpha value is -1.76. The first-order valence-corrected chi connectivity index (χ1v) is 5.87. The molecule has 0 atom stereocenters. The number of nitrogens with two attached hydrogens (primary N) is 1. The summed E-state index contributed by atoms with van der Waals surface area (Å²) in [5, 5.41) is 7.62. The number of aryl methyl sites for hydroxylation is 2. The number of aromatic nitrogens is 3. The molecule has 0 saturated heterocycles. The lowest BCUT2D eigenvalue weighted by Crippen LogP contribution is -2.01. The first-order valence-electron chi connectivity index (χ1n) is 5.07. The summed E-state index contributed by atoms with van der Waals surface area (Å²) in [6.07, 6.45) is 0. The Labute approximate surface area is 111 Å². The van der Waals surface area contributed by atoms with Crippen molar-refractivity contribution < 1.29 is 9.13 Å². The van der Waals surface area contributed by atoms with Crippen molar-refractivity contribution in [1.82, 2.24) is 15.2 Å². The van der Waals surface area contributed by atoms with Crippen molar-refractivity contribution in [2.75, 3.05) is 5.73 Å². The van der Waals surface area contributed by atoms with Crippen LogP contribution in [0.4, 0.5) is 10.1 Å². The Balaban J connectivity index is 2.34. The van der Waals surface area contributed by atoms with Crippen LogP contribution in [-0.2, 0) is 0 Å². The van der Waals surface area contributed by atoms with Crippen LogP contribution in [0.5, 0.6) is 11.8 Å². The van der Waals surface area contributed by atoms with Crippen LogP contribution in [0.1, 0.15) is 11.4 Å². The lowest BCUT2D eigenvalue weighted by molar-refractivity contribution is 0.428. The number of hydrogen-bond acceptors (Lipinski definition) is 5. The van der Waals surface area contributed by atoms with Gasteiger partial charge in [-0.15, -0.1) is 5.10 Å². The topological polar surface area (TPSA) is 73.9 Å². The molecule has 0 amide bonds. The molecule has 2 rings (SSSR count). The van der Waals surface area contributed by atoms with Gasteiger partial charge in [0.05, 0.1) is 21.5 Å². The molecule has 1 aromatic heterocycles. The molecule has 1 heterocycles. The molecule has 0 aliphatic heterocycles. The van der Waals surface area contributed by atoms with Crippen LogP contribution in [0.25, 0.3) is 0 Å². The molecule has 0 spiro atoms. The second-order valence-electron chi connectivity index (χ2n) is 3.67. The SMILES string of the molecule is Cc1nnc(Oc2cc(F)c(Br)cc2N)nc1C. The summed E-state index contributed by atoms with van der Waals surface area (Å²) in [4.78, 5) is 4.08. The Morgan fingerprint density at radius 2 is 1.94 bits per heavy atom. The zero-order chi connectivity index (χ0) is 13.3. The van der Waals surface area contributed by atoms with Gasteiger partial charge in [-0.3, -0.25) is 0 Å². The van der Waals surface area contributed by atoms with Crippen molar-refractivity contribution in [2.24, 2.45) is 0 Å². The molecule has 5 nitrogen and oxygen atoms in total. The summed E-state index contributed by atoms with van der Waals surface area (Å²) < 4.78 is 18.9. The predicted octanol–water partition coefficient (Wildman–Crippen LogP) is 2.76. The molecule has 0 fully saturated rings. The fourth-order valence-electron chi connectivity index (χ4n) is 1.21. The Morgan fingerprint density at radius 3 is 2.61 bits per heavy atom. The van der Waals surface area contributed by atoms with E-state index >= 15 is 0 Å². The van der Waals surface area contributed by atoms with E-state index in [9.17, 15) is 4.39 Å². The molecular weight excluding hydrogens is 303 g/mol. The molecule has 0 bridgehead atoms. The number of anilines is 1. The zero-order valence-corrected chi connectivity index (χ0v) is 11.3. The normalized spacial score (nSPS) is 10.4. The smallest absolute Gasteiger partial charge is 0.341 e. The van der Waals surface area contributed by atoms with Gasteiger partial charge in [0.25, 0.3) is 0 Å². The number of benzene rings is 1. The molecule has 94 valence electrons. The minimum Gasteiger partial charge on any atom is -0.421 e. The Morgan fingerprint density at radius 1 is 1.22 bits per heavy atom. The van der Waals surface area contributed by atoms with Crippen molar-refractivity contribution in [3.05, 3.63) is 33.8 Å². The van der Waals surface area contributed by atoms with Gasteiger partial charge >= 0.3 is 6.01 Å². The van der Waals surface area contributed by atoms with Crippen molar-refractivity contribution in [3.63, 3.8) is 0 Å². The van der Waals surface area contributed by atoms with Crippen molar-refractivity contribution in [1.29, 1.82) is 0 Å². The van der Waals surface area contributed by atoms with Gasteiger partial charge < -0.3 is 10.5 Å². The summed E-state index contributed by atoms with van der Waals surface area (Å²) in [5.74, 6) is -0.322. The van der Waals surface area contributed by atoms with Crippen molar-refractivity contribution in [3.8, 4) is 11.8 Å². The molecule has 1 aromatic carbocycles. The highest BCUT2D eigenvalue weighted by molar-refractivity contribution is 9.10. The Bertz CT molecular complexity index is 606. The van der Waals surface area contributed by atoms with E-state index in [4.69, 9.17) is 10.5 Å². The molecule has 0 aliphatic rings. The largest absolute Gasteiger partial charge is 0.421 e. The van der Waals surface area contributed by atoms with Crippen LogP contribution in [0.2, 0.25) is 0 Å². The number of nitrogen functional groups attached to an aromatic ring is 1. The van der Waals surface area contributed by atoms with Gasteiger partial charge in [0, 0.05) is 6.07 Å². The molecule has 7 heteroatoms. The third-order valence-electron chi connectivity index (χ3n) is 2.33. The number of rotatable bonds is 2. The van der Waals surface area contributed by atoms with Crippen LogP contribution in [0.3, 0.4) is 0 Å². The van der Waals surface area contributed by atoms with Gasteiger partial charge in [-0.25, -0.2) is 4.39 Å². The highest BCUT2D eigenvalue weighted by atomic mass is 79.9. The number of nitrogens with zero attached hydrogens (tertiary/aromatic N) is 3. The minimum atomic E-state index is -0.476. The molecule has 0 radical (unpaired) electrons. The highest BCUT2D eigenvalue weighted by Crippen LogP contribution is 2.30. The van der Waals surface area contributed by atoms with E-state index in [2.05, 4.69) is 31.1 Å². The van der Waals surface area contributed by atoms with Crippen molar-refractivity contribution in [2.45, 2.75) is 13.8 Å². The van der Waals surface area contributed by atoms with E-state index in [1.54, 1.807) is 13.8 Å². The molecule has 2 aromatic rings. The number of hydrogen-bond donors (Lipinski definition) is 1. The Kier molecular flexibility index (Phi) is 3.42. The maximum Gasteiger partial charge on any atom is 0.341 e. The first kappa shape index (κ1) is 12.7. The molecule has 18 heavy (non-hydrogen) atoms. The highest BCUT2D eigenvalue weighted by Gasteiger charge is 2.10. The van der Waals surface area contributed by atoms with Crippen LogP contribution in [0.15, 0.2) is 16.6 Å². The van der Waals surface area contributed by atoms with Crippen LogP contribution >= 0.6 is 15.9 Å². The van der Waals surface area contributed by atoms with Gasteiger partial charge in [-0.05, 0) is 35.8 Å². The summed E-state index contributed by atoms with van der Waals surface area (Å²) in [7, 11) is 0. The van der Waals surface area contributed by atoms with Crippen LogP contribution in [-0.4, -0.2) is 15.2 Å². The van der Waals surface area contributed by atoms with E-state index in [0.29, 0.717) is 11.4 Å². The number of ether oxygens (including phenoxy) is 1. The molecule has 0 unspecified atom stereocenters. The van der Waals surface area contributed by atoms with Crippen LogP contribution in [0, 0.1) is 19.7 Å². The van der Waals surface area contributed by atoms with E-state index in [1.807, 2.05) is 0 Å². The van der Waals surface area contributed by atoms with E-state index in [1.165, 1.54) is 6.07 Å². The second kappa shape index (κ2) is 4.85. The van der Waals surface area contributed by atoms with Gasteiger partial charge in [0.15, 0.2) is 5.75 Å². The maximum atomic E-state index is 13.4. The van der Waals surface area contributed by atoms with E-state index in [0.717, 1.165) is 6.07 Å². The first-order chi connectivity index (χ1) is 8.47. The van der Waals surface area contributed by atoms with E-state index in [-0.39, 0.29) is 21.9 Å². The molecule has 0 aliphatic carbocycles. The minimum absolute atomic E-state index is 0.0338. The molecular formula is C11H10BrFN4O. The quantitative estimate of drug-likeness (QED) is 0.863. The lowest BCUT2D eigenvalue weighted by atomic mass is 10.3. The lowest BCUT2D eigenvalue weighted by Gasteiger charge is -2.08. The summed E-state index contributed by atoms with van der Waals surface area (Å²) in [6, 6.07) is 2.61. The molecule has 2 N–H and O–H groups in total. The van der Waals surface area contributed by atoms with Gasteiger partial charge in [-0.2, -0.15) is 4.98 Å². The second-order valence-corrected chi connectivity index (χ2v) is 4.53. The number of halogens is 2. The monoisotopic (exact) mass is 312 g/mol. The maximum absolute atomic E-state index is 13.4. The summed E-state index contributed by atoms with van der Waals surface area (Å²) in [6.45, 7) is 3.56.